The fraction of sp³-hybridized carbons (Fsp3) is 0.111. The second-order valence-corrected chi connectivity index (χ2v) is 4.93. The molecule has 2 aromatic heterocycles. The summed E-state index contributed by atoms with van der Waals surface area (Å²) in [7, 11) is 0. The zero-order chi connectivity index (χ0) is 16.8. The molecule has 1 N–H and O–H groups in total. The van der Waals surface area contributed by atoms with Crippen LogP contribution in [0, 0.1) is 0 Å². The summed E-state index contributed by atoms with van der Waals surface area (Å²) < 4.78 is 5.01. The smallest absolute Gasteiger partial charge is 0.338 e. The summed E-state index contributed by atoms with van der Waals surface area (Å²) in [6, 6.07) is 12.6. The molecule has 0 aliphatic rings. The molecule has 0 aliphatic heterocycles. The lowest BCUT2D eigenvalue weighted by atomic mass is 10.2. The number of hydrogen-bond donors (Lipinski definition) is 1. The van der Waals surface area contributed by atoms with Crippen LogP contribution in [-0.4, -0.2) is 27.5 Å². The van der Waals surface area contributed by atoms with Gasteiger partial charge in [0.25, 0.3) is 0 Å². The van der Waals surface area contributed by atoms with Gasteiger partial charge in [0.2, 0.25) is 0 Å². The molecule has 0 bridgehead atoms. The van der Waals surface area contributed by atoms with E-state index in [1.54, 1.807) is 49.8 Å². The summed E-state index contributed by atoms with van der Waals surface area (Å²) >= 11 is 0. The van der Waals surface area contributed by atoms with Gasteiger partial charge in [-0.2, -0.15) is 0 Å². The Morgan fingerprint density at radius 2 is 1.92 bits per heavy atom. The van der Waals surface area contributed by atoms with Gasteiger partial charge in [-0.05, 0) is 43.3 Å². The summed E-state index contributed by atoms with van der Waals surface area (Å²) in [5.41, 5.74) is 2.12. The van der Waals surface area contributed by atoms with Gasteiger partial charge in [0.15, 0.2) is 5.82 Å². The van der Waals surface area contributed by atoms with E-state index in [-0.39, 0.29) is 18.4 Å². The van der Waals surface area contributed by atoms with Crippen molar-refractivity contribution in [2.45, 2.75) is 6.92 Å². The maximum absolute atomic E-state index is 11.8. The predicted molar refractivity (Wildman–Crippen MR) is 98.2 cm³/mol. The molecule has 25 heavy (non-hydrogen) atoms. The zero-order valence-corrected chi connectivity index (χ0v) is 14.4. The molecule has 0 atom stereocenters. The lowest BCUT2D eigenvalue weighted by Crippen LogP contribution is -2.05. The molecule has 2 heterocycles. The second-order valence-electron chi connectivity index (χ2n) is 4.93. The van der Waals surface area contributed by atoms with Gasteiger partial charge in [-0.15, -0.1) is 12.4 Å². The largest absolute Gasteiger partial charge is 0.462 e. The number of nitrogens with zero attached hydrogens (tertiary/aromatic N) is 3. The average Bonchev–Trinajstić information content (AvgIpc) is 2.63. The van der Waals surface area contributed by atoms with E-state index in [0.717, 1.165) is 11.3 Å². The first kappa shape index (κ1) is 18.4. The van der Waals surface area contributed by atoms with Crippen LogP contribution in [0.4, 0.5) is 11.5 Å². The zero-order valence-electron chi connectivity index (χ0n) is 13.5. The van der Waals surface area contributed by atoms with Crippen molar-refractivity contribution in [2.75, 3.05) is 11.9 Å². The Hall–Kier alpha value is -2.99. The van der Waals surface area contributed by atoms with Crippen molar-refractivity contribution in [1.29, 1.82) is 0 Å². The number of aromatic nitrogens is 3. The van der Waals surface area contributed by atoms with Gasteiger partial charge in [-0.25, -0.2) is 14.8 Å². The molecular weight excluding hydrogens is 340 g/mol. The molecule has 0 fully saturated rings. The Kier molecular flexibility index (Phi) is 6.42. The predicted octanol–water partition coefficient (Wildman–Crippen LogP) is 3.88. The number of hydrogen-bond acceptors (Lipinski definition) is 6. The van der Waals surface area contributed by atoms with E-state index in [0.29, 0.717) is 23.8 Å². The SMILES string of the molecule is CCOC(=O)c1cccc(Nc2ccnc(-c3ccncc3)n2)c1.Cl. The Morgan fingerprint density at radius 1 is 1.12 bits per heavy atom. The normalized spacial score (nSPS) is 9.80. The van der Waals surface area contributed by atoms with Crippen LogP contribution in [0.15, 0.2) is 61.1 Å². The minimum Gasteiger partial charge on any atom is -0.462 e. The number of carbonyl (C=O) groups is 1. The topological polar surface area (TPSA) is 77.0 Å². The number of esters is 1. The third-order valence-electron chi connectivity index (χ3n) is 3.24. The summed E-state index contributed by atoms with van der Waals surface area (Å²) in [6.45, 7) is 2.12. The van der Waals surface area contributed by atoms with Crippen LogP contribution in [-0.2, 0) is 4.74 Å². The Labute approximate surface area is 151 Å². The number of nitrogens with one attached hydrogen (secondary N) is 1. The minimum absolute atomic E-state index is 0. The average molecular weight is 357 g/mol. The van der Waals surface area contributed by atoms with Gasteiger partial charge in [-0.3, -0.25) is 4.98 Å². The van der Waals surface area contributed by atoms with Crippen molar-refractivity contribution >= 4 is 29.9 Å². The van der Waals surface area contributed by atoms with Crippen molar-refractivity contribution in [3.8, 4) is 11.4 Å². The molecule has 0 amide bonds. The quantitative estimate of drug-likeness (QED) is 0.699. The number of rotatable bonds is 5. The highest BCUT2D eigenvalue weighted by Gasteiger charge is 2.08. The number of pyridine rings is 1. The van der Waals surface area contributed by atoms with Crippen LogP contribution in [0.2, 0.25) is 0 Å². The molecule has 7 heteroatoms. The number of carbonyl (C=O) groups excluding carboxylic acids is 1. The summed E-state index contributed by atoms with van der Waals surface area (Å²) in [6.07, 6.45) is 5.07. The molecule has 0 saturated heterocycles. The van der Waals surface area contributed by atoms with Gasteiger partial charge >= 0.3 is 5.97 Å². The van der Waals surface area contributed by atoms with Crippen molar-refractivity contribution in [3.63, 3.8) is 0 Å². The Balaban J connectivity index is 0.00000225. The van der Waals surface area contributed by atoms with E-state index in [9.17, 15) is 4.79 Å². The summed E-state index contributed by atoms with van der Waals surface area (Å²) in [5, 5.41) is 3.18. The number of anilines is 2. The van der Waals surface area contributed by atoms with Crippen molar-refractivity contribution < 1.29 is 9.53 Å². The molecule has 3 aromatic rings. The standard InChI is InChI=1S/C18H16N4O2.ClH/c1-2-24-18(23)14-4-3-5-15(12-14)21-16-8-11-20-17(22-16)13-6-9-19-10-7-13;/h3-12H,2H2,1H3,(H,20,21,22);1H. The van der Waals surface area contributed by atoms with Crippen LogP contribution >= 0.6 is 12.4 Å². The first-order valence-electron chi connectivity index (χ1n) is 7.54. The third kappa shape index (κ3) is 4.74. The first-order chi connectivity index (χ1) is 11.8. The highest BCUT2D eigenvalue weighted by molar-refractivity contribution is 5.90. The highest BCUT2D eigenvalue weighted by Crippen LogP contribution is 2.19. The van der Waals surface area contributed by atoms with E-state index in [2.05, 4.69) is 20.3 Å². The molecule has 0 saturated carbocycles. The fourth-order valence-corrected chi connectivity index (χ4v) is 2.15. The van der Waals surface area contributed by atoms with Crippen molar-refractivity contribution in [3.05, 3.63) is 66.6 Å². The van der Waals surface area contributed by atoms with Crippen LogP contribution in [0.25, 0.3) is 11.4 Å². The third-order valence-corrected chi connectivity index (χ3v) is 3.24. The molecule has 0 unspecified atom stereocenters. The van der Waals surface area contributed by atoms with Crippen LogP contribution < -0.4 is 5.32 Å². The molecule has 1 aromatic carbocycles. The van der Waals surface area contributed by atoms with Crippen LogP contribution in [0.1, 0.15) is 17.3 Å². The van der Waals surface area contributed by atoms with E-state index < -0.39 is 0 Å². The van der Waals surface area contributed by atoms with Gasteiger partial charge in [0.05, 0.1) is 12.2 Å². The van der Waals surface area contributed by atoms with E-state index >= 15 is 0 Å². The second kappa shape index (κ2) is 8.75. The lowest BCUT2D eigenvalue weighted by Gasteiger charge is -2.08. The van der Waals surface area contributed by atoms with E-state index in [1.807, 2.05) is 18.2 Å². The molecule has 0 aliphatic carbocycles. The van der Waals surface area contributed by atoms with Crippen molar-refractivity contribution in [2.24, 2.45) is 0 Å². The fourth-order valence-electron chi connectivity index (χ4n) is 2.15. The number of benzene rings is 1. The molecule has 0 spiro atoms. The molecule has 6 nitrogen and oxygen atoms in total. The van der Waals surface area contributed by atoms with Crippen LogP contribution in [0.3, 0.4) is 0 Å². The lowest BCUT2D eigenvalue weighted by molar-refractivity contribution is 0.0526. The van der Waals surface area contributed by atoms with Gasteiger partial charge < -0.3 is 10.1 Å². The molecule has 3 rings (SSSR count). The monoisotopic (exact) mass is 356 g/mol. The number of halogens is 1. The Bertz CT molecular complexity index is 843. The molecule has 0 radical (unpaired) electrons. The Morgan fingerprint density at radius 3 is 2.68 bits per heavy atom. The maximum atomic E-state index is 11.8. The molecular formula is C18H17ClN4O2. The van der Waals surface area contributed by atoms with Crippen molar-refractivity contribution in [1.82, 2.24) is 15.0 Å². The number of ether oxygens (including phenoxy) is 1. The van der Waals surface area contributed by atoms with Gasteiger partial charge in [-0.1, -0.05) is 6.07 Å². The van der Waals surface area contributed by atoms with Gasteiger partial charge in [0.1, 0.15) is 5.82 Å². The summed E-state index contributed by atoms with van der Waals surface area (Å²) in [4.78, 5) is 24.5. The minimum atomic E-state index is -0.346. The first-order valence-corrected chi connectivity index (χ1v) is 7.54. The maximum Gasteiger partial charge on any atom is 0.338 e. The summed E-state index contributed by atoms with van der Waals surface area (Å²) in [5.74, 6) is 0.892. The van der Waals surface area contributed by atoms with E-state index in [1.165, 1.54) is 0 Å². The van der Waals surface area contributed by atoms with E-state index in [4.69, 9.17) is 4.74 Å². The van der Waals surface area contributed by atoms with Crippen LogP contribution in [0.5, 0.6) is 0 Å². The molecule has 128 valence electrons. The highest BCUT2D eigenvalue weighted by atomic mass is 35.5. The van der Waals surface area contributed by atoms with Gasteiger partial charge in [0, 0.05) is 29.8 Å².